The molecule has 0 radical (unpaired) electrons. The van der Waals surface area contributed by atoms with Crippen molar-refractivity contribution >= 4 is 32.8 Å². The molecular formula is C15H13BrN4. The molecule has 0 bridgehead atoms. The summed E-state index contributed by atoms with van der Waals surface area (Å²) in [6, 6.07) is 10.7. The van der Waals surface area contributed by atoms with E-state index in [2.05, 4.69) is 43.7 Å². The van der Waals surface area contributed by atoms with Crippen molar-refractivity contribution in [1.29, 1.82) is 0 Å². The number of aromatic nitrogens is 3. The second-order valence-electron chi connectivity index (χ2n) is 5.14. The Morgan fingerprint density at radius 2 is 2.05 bits per heavy atom. The van der Waals surface area contributed by atoms with E-state index in [1.165, 1.54) is 18.4 Å². The van der Waals surface area contributed by atoms with E-state index < -0.39 is 0 Å². The van der Waals surface area contributed by atoms with Gasteiger partial charge in [0.2, 0.25) is 0 Å². The molecule has 0 saturated heterocycles. The van der Waals surface area contributed by atoms with Crippen molar-refractivity contribution in [1.82, 2.24) is 14.5 Å². The zero-order valence-electron chi connectivity index (χ0n) is 10.8. The second kappa shape index (κ2) is 4.31. The summed E-state index contributed by atoms with van der Waals surface area (Å²) in [5, 5.41) is 0. The van der Waals surface area contributed by atoms with Crippen LogP contribution in [0.4, 0.5) is 5.82 Å². The smallest absolute Gasteiger partial charge is 0.141 e. The van der Waals surface area contributed by atoms with Crippen LogP contribution in [-0.4, -0.2) is 14.5 Å². The van der Waals surface area contributed by atoms with Crippen LogP contribution in [0.1, 0.15) is 18.9 Å². The van der Waals surface area contributed by atoms with Gasteiger partial charge in [0.1, 0.15) is 11.6 Å². The summed E-state index contributed by atoms with van der Waals surface area (Å²) in [5.41, 5.74) is 9.02. The third-order valence-corrected chi connectivity index (χ3v) is 4.10. The maximum atomic E-state index is 5.80. The van der Waals surface area contributed by atoms with Crippen LogP contribution < -0.4 is 5.73 Å². The number of imidazole rings is 1. The van der Waals surface area contributed by atoms with Gasteiger partial charge >= 0.3 is 0 Å². The molecule has 2 aromatic heterocycles. The first-order valence-corrected chi connectivity index (χ1v) is 7.41. The summed E-state index contributed by atoms with van der Waals surface area (Å²) in [5.74, 6) is 1.51. The predicted molar refractivity (Wildman–Crippen MR) is 83.3 cm³/mol. The lowest BCUT2D eigenvalue weighted by Crippen LogP contribution is -1.98. The summed E-state index contributed by atoms with van der Waals surface area (Å²) >= 11 is 3.51. The van der Waals surface area contributed by atoms with Crippen LogP contribution in [-0.2, 0) is 0 Å². The summed E-state index contributed by atoms with van der Waals surface area (Å²) in [6.45, 7) is 0. The Balaban J connectivity index is 2.00. The summed E-state index contributed by atoms with van der Waals surface area (Å²) in [7, 11) is 0. The van der Waals surface area contributed by atoms with E-state index in [4.69, 9.17) is 10.7 Å². The van der Waals surface area contributed by atoms with Gasteiger partial charge in [-0.05, 0) is 43.2 Å². The van der Waals surface area contributed by atoms with E-state index in [0.29, 0.717) is 11.9 Å². The van der Waals surface area contributed by atoms with Crippen molar-refractivity contribution in [3.8, 4) is 11.4 Å². The number of nitrogens with two attached hydrogens (primary N) is 1. The van der Waals surface area contributed by atoms with E-state index in [9.17, 15) is 0 Å². The van der Waals surface area contributed by atoms with Crippen molar-refractivity contribution in [3.05, 3.63) is 41.0 Å². The fourth-order valence-corrected chi connectivity index (χ4v) is 2.91. The van der Waals surface area contributed by atoms with Crippen LogP contribution in [0.2, 0.25) is 0 Å². The number of nitrogen functional groups attached to an aromatic ring is 1. The first kappa shape index (κ1) is 11.9. The Hall–Kier alpha value is -1.88. The maximum Gasteiger partial charge on any atom is 0.141 e. The number of anilines is 1. The number of nitrogens with zero attached hydrogens (tertiary/aromatic N) is 3. The molecule has 20 heavy (non-hydrogen) atoms. The molecule has 1 aliphatic rings. The molecule has 0 spiro atoms. The summed E-state index contributed by atoms with van der Waals surface area (Å²) in [4.78, 5) is 8.85. The van der Waals surface area contributed by atoms with Gasteiger partial charge in [-0.3, -0.25) is 0 Å². The topological polar surface area (TPSA) is 56.7 Å². The Labute approximate surface area is 124 Å². The fraction of sp³-hybridized carbons (Fsp3) is 0.200. The molecule has 1 aromatic carbocycles. The molecule has 5 heteroatoms. The van der Waals surface area contributed by atoms with Crippen molar-refractivity contribution in [2.45, 2.75) is 18.9 Å². The highest BCUT2D eigenvalue weighted by Crippen LogP contribution is 2.41. The number of pyridine rings is 1. The highest BCUT2D eigenvalue weighted by Gasteiger charge is 2.28. The molecule has 3 aromatic rings. The molecule has 1 saturated carbocycles. The van der Waals surface area contributed by atoms with E-state index in [-0.39, 0.29) is 0 Å². The fourth-order valence-electron chi connectivity index (χ4n) is 2.57. The van der Waals surface area contributed by atoms with Gasteiger partial charge in [-0.15, -0.1) is 0 Å². The molecule has 0 unspecified atom stereocenters. The molecule has 1 aliphatic carbocycles. The second-order valence-corrected chi connectivity index (χ2v) is 6.05. The third kappa shape index (κ3) is 1.89. The first-order chi connectivity index (χ1) is 9.72. The highest BCUT2D eigenvalue weighted by atomic mass is 79.9. The lowest BCUT2D eigenvalue weighted by molar-refractivity contribution is 0.775. The number of benzene rings is 1. The van der Waals surface area contributed by atoms with Crippen LogP contribution >= 0.6 is 15.9 Å². The number of hydrogen-bond donors (Lipinski definition) is 1. The number of rotatable bonds is 2. The largest absolute Gasteiger partial charge is 0.384 e. The third-order valence-electron chi connectivity index (χ3n) is 3.60. The average molecular weight is 329 g/mol. The van der Waals surface area contributed by atoms with Gasteiger partial charge in [-0.2, -0.15) is 0 Å². The number of fused-ring (bicyclic) bond motifs is 1. The van der Waals surface area contributed by atoms with Gasteiger partial charge in [0.15, 0.2) is 0 Å². The molecule has 2 N–H and O–H groups in total. The Bertz CT molecular complexity index is 805. The summed E-state index contributed by atoms with van der Waals surface area (Å²) in [6.07, 6.45) is 4.17. The van der Waals surface area contributed by atoms with Gasteiger partial charge in [-0.1, -0.05) is 15.9 Å². The Morgan fingerprint density at radius 1 is 1.20 bits per heavy atom. The highest BCUT2D eigenvalue weighted by molar-refractivity contribution is 9.10. The van der Waals surface area contributed by atoms with E-state index in [0.717, 1.165) is 21.4 Å². The van der Waals surface area contributed by atoms with Crippen LogP contribution in [0.15, 0.2) is 41.0 Å². The van der Waals surface area contributed by atoms with Crippen LogP contribution in [0.3, 0.4) is 0 Å². The van der Waals surface area contributed by atoms with Gasteiger partial charge < -0.3 is 10.3 Å². The minimum atomic E-state index is 0.526. The standard InChI is InChI=1S/C15H13BrN4/c16-10-1-4-13-12(8-10)19-15(20(13)11-2-3-11)9-5-6-18-14(17)7-9/h1,4-8,11H,2-3H2,(H2,17,18). The van der Waals surface area contributed by atoms with E-state index >= 15 is 0 Å². The monoisotopic (exact) mass is 328 g/mol. The molecule has 2 heterocycles. The number of hydrogen-bond acceptors (Lipinski definition) is 3. The quantitative estimate of drug-likeness (QED) is 0.778. The first-order valence-electron chi connectivity index (χ1n) is 6.62. The minimum absolute atomic E-state index is 0.526. The van der Waals surface area contributed by atoms with Gasteiger partial charge in [-0.25, -0.2) is 9.97 Å². The van der Waals surface area contributed by atoms with Gasteiger partial charge in [0, 0.05) is 22.3 Å². The van der Waals surface area contributed by atoms with E-state index in [1.54, 1.807) is 6.20 Å². The molecule has 0 aliphatic heterocycles. The predicted octanol–water partition coefficient (Wildman–Crippen LogP) is 3.78. The van der Waals surface area contributed by atoms with E-state index in [1.807, 2.05) is 12.1 Å². The van der Waals surface area contributed by atoms with Crippen molar-refractivity contribution in [3.63, 3.8) is 0 Å². The number of halogens is 1. The SMILES string of the molecule is Nc1cc(-c2nc3cc(Br)ccc3n2C2CC2)ccn1. The van der Waals surface area contributed by atoms with Gasteiger partial charge in [0.25, 0.3) is 0 Å². The molecule has 4 rings (SSSR count). The average Bonchev–Trinajstić information content (AvgIpc) is 3.19. The van der Waals surface area contributed by atoms with Crippen LogP contribution in [0.5, 0.6) is 0 Å². The molecule has 1 fully saturated rings. The molecule has 100 valence electrons. The zero-order chi connectivity index (χ0) is 13.7. The van der Waals surface area contributed by atoms with Gasteiger partial charge in [0.05, 0.1) is 11.0 Å². The zero-order valence-corrected chi connectivity index (χ0v) is 12.3. The molecular weight excluding hydrogens is 316 g/mol. The van der Waals surface area contributed by atoms with Crippen molar-refractivity contribution in [2.24, 2.45) is 0 Å². The Kier molecular flexibility index (Phi) is 2.57. The van der Waals surface area contributed by atoms with Crippen LogP contribution in [0.25, 0.3) is 22.4 Å². The Morgan fingerprint density at radius 3 is 2.80 bits per heavy atom. The lowest BCUT2D eigenvalue weighted by atomic mass is 10.2. The molecule has 4 nitrogen and oxygen atoms in total. The summed E-state index contributed by atoms with van der Waals surface area (Å²) < 4.78 is 3.38. The van der Waals surface area contributed by atoms with Crippen molar-refractivity contribution < 1.29 is 0 Å². The van der Waals surface area contributed by atoms with Crippen LogP contribution in [0, 0.1) is 0 Å². The maximum absolute atomic E-state index is 5.80. The molecule has 0 amide bonds. The molecule has 0 atom stereocenters. The minimum Gasteiger partial charge on any atom is -0.384 e. The normalized spacial score (nSPS) is 14.8. The van der Waals surface area contributed by atoms with Crippen molar-refractivity contribution in [2.75, 3.05) is 5.73 Å². The lowest BCUT2D eigenvalue weighted by Gasteiger charge is -2.07.